The predicted molar refractivity (Wildman–Crippen MR) is 95.3 cm³/mol. The third-order valence-electron chi connectivity index (χ3n) is 1.74. The summed E-state index contributed by atoms with van der Waals surface area (Å²) >= 11 is 4.24. The molecule has 3 heteroatoms. The summed E-state index contributed by atoms with van der Waals surface area (Å²) in [6.07, 6.45) is 10.2. The third-order valence-corrected chi connectivity index (χ3v) is 1.74. The van der Waals surface area contributed by atoms with Gasteiger partial charge in [0.15, 0.2) is 6.17 Å². The van der Waals surface area contributed by atoms with E-state index in [1.165, 1.54) is 19.3 Å². The number of alkyl halides is 1. The molecule has 0 N–H and O–H groups in total. The first-order valence-electron chi connectivity index (χ1n) is 4.55. The van der Waals surface area contributed by atoms with E-state index in [4.69, 9.17) is 6.42 Å². The first-order valence-corrected chi connectivity index (χ1v) is 10.8. The van der Waals surface area contributed by atoms with Crippen LogP contribution in [-0.4, -0.2) is 6.17 Å². The molecule has 0 saturated heterocycles. The Kier molecular flexibility index (Phi) is 56.1. The molecule has 0 amide bonds. The van der Waals surface area contributed by atoms with E-state index in [0.717, 1.165) is 12.8 Å². The Morgan fingerprint density at radius 3 is 1.88 bits per heavy atom. The molecule has 0 aromatic carbocycles. The van der Waals surface area contributed by atoms with Gasteiger partial charge in [0.2, 0.25) is 0 Å². The molecule has 0 aliphatic heterocycles. The second-order valence-electron chi connectivity index (χ2n) is 2.84. The standard InChI is InChI=1S/C10H17F.3CH4.I2/c1-3-5-6-7-8-9-10(11)4-2;;;;1-2/h2,10H,3,5-9H2,1H3;3*1H4;. The highest BCUT2D eigenvalue weighted by Crippen LogP contribution is 2.08. The molecule has 102 valence electrons. The molecule has 0 bridgehead atoms. The lowest BCUT2D eigenvalue weighted by Gasteiger charge is -1.99. The van der Waals surface area contributed by atoms with Gasteiger partial charge < -0.3 is 0 Å². The normalized spacial score (nSPS) is 8.94. The first-order chi connectivity index (χ1) is 6.31. The predicted octanol–water partition coefficient (Wildman–Crippen LogP) is 7.00. The fourth-order valence-electron chi connectivity index (χ4n) is 1.01. The van der Waals surface area contributed by atoms with E-state index in [1.54, 1.807) is 0 Å². The zero-order valence-corrected chi connectivity index (χ0v) is 12.3. The van der Waals surface area contributed by atoms with Crippen molar-refractivity contribution in [2.45, 2.75) is 73.9 Å². The molecular weight excluding hydrogens is 429 g/mol. The zero-order chi connectivity index (χ0) is 10.5. The lowest BCUT2D eigenvalue weighted by Crippen LogP contribution is -1.94. The summed E-state index contributed by atoms with van der Waals surface area (Å²) in [5.41, 5.74) is 0. The van der Waals surface area contributed by atoms with E-state index >= 15 is 0 Å². The molecule has 0 aromatic heterocycles. The van der Waals surface area contributed by atoms with Gasteiger partial charge in [-0.3, -0.25) is 0 Å². The maximum atomic E-state index is 12.4. The highest BCUT2D eigenvalue weighted by Gasteiger charge is 1.99. The van der Waals surface area contributed by atoms with Crippen molar-refractivity contribution in [1.29, 1.82) is 0 Å². The highest BCUT2D eigenvalue weighted by molar-refractivity contribution is 15.0. The Morgan fingerprint density at radius 2 is 1.50 bits per heavy atom. The molecule has 0 radical (unpaired) electrons. The van der Waals surface area contributed by atoms with Crippen LogP contribution in [0.4, 0.5) is 4.39 Å². The SMILES string of the molecule is C.C.C.C#CC(F)CCCCCCC.II. The molecule has 0 aromatic rings. The van der Waals surface area contributed by atoms with Crippen molar-refractivity contribution in [2.75, 3.05) is 0 Å². The van der Waals surface area contributed by atoms with E-state index < -0.39 is 6.17 Å². The summed E-state index contributed by atoms with van der Waals surface area (Å²) in [7, 11) is 0. The van der Waals surface area contributed by atoms with Gasteiger partial charge in [-0.2, -0.15) is 0 Å². The van der Waals surface area contributed by atoms with Crippen molar-refractivity contribution in [3.8, 4) is 12.3 Å². The Bertz CT molecular complexity index is 122. The zero-order valence-electron chi connectivity index (χ0n) is 8.03. The van der Waals surface area contributed by atoms with E-state index in [2.05, 4.69) is 50.1 Å². The third kappa shape index (κ3) is 29.4. The van der Waals surface area contributed by atoms with Gasteiger partial charge in [-0.05, 0) is 12.8 Å². The highest BCUT2D eigenvalue weighted by atomic mass is 128. The molecule has 0 aliphatic rings. The minimum Gasteiger partial charge on any atom is -0.233 e. The smallest absolute Gasteiger partial charge is 0.160 e. The molecule has 0 fully saturated rings. The van der Waals surface area contributed by atoms with E-state index in [9.17, 15) is 4.39 Å². The molecule has 16 heavy (non-hydrogen) atoms. The lowest BCUT2D eigenvalue weighted by molar-refractivity contribution is 0.376. The summed E-state index contributed by atoms with van der Waals surface area (Å²) in [6, 6.07) is 0. The number of hydrogen-bond donors (Lipinski definition) is 0. The number of hydrogen-bond acceptors (Lipinski definition) is 0. The van der Waals surface area contributed by atoms with Gasteiger partial charge in [0.25, 0.3) is 0 Å². The van der Waals surface area contributed by atoms with Gasteiger partial charge in [-0.25, -0.2) is 4.39 Å². The van der Waals surface area contributed by atoms with Gasteiger partial charge in [-0.15, -0.1) is 6.42 Å². The molecule has 0 rings (SSSR count). The minimum absolute atomic E-state index is 0. The molecule has 0 aliphatic carbocycles. The van der Waals surface area contributed by atoms with Crippen molar-refractivity contribution in [3.63, 3.8) is 0 Å². The van der Waals surface area contributed by atoms with E-state index in [0.29, 0.717) is 6.42 Å². The van der Waals surface area contributed by atoms with Gasteiger partial charge >= 0.3 is 0 Å². The lowest BCUT2D eigenvalue weighted by atomic mass is 10.1. The molecule has 0 heterocycles. The van der Waals surface area contributed by atoms with Crippen LogP contribution in [0.15, 0.2) is 0 Å². The summed E-state index contributed by atoms with van der Waals surface area (Å²) in [4.78, 5) is 0. The second kappa shape index (κ2) is 29.7. The molecular formula is C13H29FI2. The van der Waals surface area contributed by atoms with Crippen molar-refractivity contribution >= 4 is 37.2 Å². The Hall–Kier alpha value is 0.950. The van der Waals surface area contributed by atoms with Gasteiger partial charge in [0.1, 0.15) is 0 Å². The average molecular weight is 458 g/mol. The summed E-state index contributed by atoms with van der Waals surface area (Å²) < 4.78 is 12.4. The fraction of sp³-hybridized carbons (Fsp3) is 0.846. The molecule has 0 spiro atoms. The van der Waals surface area contributed by atoms with Crippen LogP contribution in [0, 0.1) is 12.3 Å². The summed E-state index contributed by atoms with van der Waals surface area (Å²) in [5.74, 6) is 2.09. The second-order valence-corrected chi connectivity index (χ2v) is 2.84. The monoisotopic (exact) mass is 458 g/mol. The van der Waals surface area contributed by atoms with Crippen molar-refractivity contribution in [3.05, 3.63) is 0 Å². The quantitative estimate of drug-likeness (QED) is 0.229. The Balaban J connectivity index is -0.0000000760. The number of unbranched alkanes of at least 4 members (excludes halogenated alkanes) is 4. The Morgan fingerprint density at radius 1 is 1.06 bits per heavy atom. The van der Waals surface area contributed by atoms with Crippen LogP contribution in [0.3, 0.4) is 0 Å². The van der Waals surface area contributed by atoms with Crippen LogP contribution >= 0.6 is 37.2 Å². The molecule has 0 saturated carbocycles. The maximum absolute atomic E-state index is 12.4. The van der Waals surface area contributed by atoms with Crippen LogP contribution < -0.4 is 0 Å². The topological polar surface area (TPSA) is 0 Å². The van der Waals surface area contributed by atoms with Gasteiger partial charge in [0.05, 0.1) is 0 Å². The van der Waals surface area contributed by atoms with Crippen LogP contribution in [0.5, 0.6) is 0 Å². The summed E-state index contributed by atoms with van der Waals surface area (Å²) in [5, 5.41) is 0. The van der Waals surface area contributed by atoms with Crippen molar-refractivity contribution in [2.24, 2.45) is 0 Å². The van der Waals surface area contributed by atoms with Gasteiger partial charge in [0, 0.05) is 37.2 Å². The largest absolute Gasteiger partial charge is 0.233 e. The maximum Gasteiger partial charge on any atom is 0.160 e. The number of halogens is 3. The number of rotatable bonds is 6. The van der Waals surface area contributed by atoms with Crippen LogP contribution in [0.2, 0.25) is 0 Å². The fourth-order valence-corrected chi connectivity index (χ4v) is 1.01. The van der Waals surface area contributed by atoms with Crippen LogP contribution in [0.25, 0.3) is 0 Å². The Labute approximate surface area is 127 Å². The molecule has 1 atom stereocenters. The van der Waals surface area contributed by atoms with E-state index in [1.807, 2.05) is 0 Å². The first kappa shape index (κ1) is 30.2. The minimum atomic E-state index is -1.02. The summed E-state index contributed by atoms with van der Waals surface area (Å²) in [6.45, 7) is 2.17. The van der Waals surface area contributed by atoms with Crippen LogP contribution in [-0.2, 0) is 0 Å². The van der Waals surface area contributed by atoms with E-state index in [-0.39, 0.29) is 22.3 Å². The molecule has 1 unspecified atom stereocenters. The van der Waals surface area contributed by atoms with Gasteiger partial charge in [-0.1, -0.05) is 60.8 Å². The van der Waals surface area contributed by atoms with Crippen molar-refractivity contribution in [1.82, 2.24) is 0 Å². The van der Waals surface area contributed by atoms with Crippen molar-refractivity contribution < 1.29 is 4.39 Å². The number of terminal acetylenes is 1. The molecule has 0 nitrogen and oxygen atoms in total. The average Bonchev–Trinajstić information content (AvgIpc) is 2.20. The van der Waals surface area contributed by atoms with Crippen LogP contribution in [0.1, 0.15) is 67.7 Å².